The number of benzene rings is 1. The van der Waals surface area contributed by atoms with Gasteiger partial charge in [-0.2, -0.15) is 11.8 Å². The molecule has 0 saturated heterocycles. The predicted molar refractivity (Wildman–Crippen MR) is 63.5 cm³/mol. The van der Waals surface area contributed by atoms with Gasteiger partial charge in [-0.05, 0) is 36.3 Å². The molecule has 78 valence electrons. The standard InChI is InChI=1S/C11H17NOS/c1-9-10(4-2-5-11(9)12)8-14-7-3-6-13/h2,4-5,13H,3,6-8,12H2,1H3. The molecule has 0 aliphatic rings. The highest BCUT2D eigenvalue weighted by atomic mass is 32.2. The average Bonchev–Trinajstić information content (AvgIpc) is 2.19. The van der Waals surface area contributed by atoms with Gasteiger partial charge in [0.25, 0.3) is 0 Å². The van der Waals surface area contributed by atoms with E-state index >= 15 is 0 Å². The van der Waals surface area contributed by atoms with E-state index in [0.717, 1.165) is 23.6 Å². The first kappa shape index (κ1) is 11.4. The summed E-state index contributed by atoms with van der Waals surface area (Å²) < 4.78 is 0. The molecular formula is C11H17NOS. The van der Waals surface area contributed by atoms with Gasteiger partial charge < -0.3 is 10.8 Å². The SMILES string of the molecule is Cc1c(N)cccc1CSCCCO. The molecule has 0 heterocycles. The molecule has 0 saturated carbocycles. The Kier molecular flexibility index (Phi) is 4.84. The van der Waals surface area contributed by atoms with Crippen LogP contribution in [0.25, 0.3) is 0 Å². The Bertz CT molecular complexity index is 289. The van der Waals surface area contributed by atoms with Gasteiger partial charge in [-0.15, -0.1) is 0 Å². The van der Waals surface area contributed by atoms with Crippen molar-refractivity contribution in [2.45, 2.75) is 19.1 Å². The quantitative estimate of drug-likeness (QED) is 0.580. The number of hydrogen-bond acceptors (Lipinski definition) is 3. The molecule has 0 bridgehead atoms. The lowest BCUT2D eigenvalue weighted by molar-refractivity contribution is 0.296. The summed E-state index contributed by atoms with van der Waals surface area (Å²) in [5.74, 6) is 1.99. The molecule has 14 heavy (non-hydrogen) atoms. The zero-order valence-corrected chi connectivity index (χ0v) is 9.31. The summed E-state index contributed by atoms with van der Waals surface area (Å²) in [6.45, 7) is 2.33. The van der Waals surface area contributed by atoms with Gasteiger partial charge in [-0.1, -0.05) is 12.1 Å². The Morgan fingerprint density at radius 1 is 1.43 bits per heavy atom. The second-order valence-corrected chi connectivity index (χ2v) is 4.37. The summed E-state index contributed by atoms with van der Waals surface area (Å²) in [7, 11) is 0. The third kappa shape index (κ3) is 3.24. The molecule has 0 aliphatic heterocycles. The minimum absolute atomic E-state index is 0.281. The predicted octanol–water partition coefficient (Wildman–Crippen LogP) is 2.19. The van der Waals surface area contributed by atoms with Crippen molar-refractivity contribution < 1.29 is 5.11 Å². The van der Waals surface area contributed by atoms with Gasteiger partial charge in [-0.25, -0.2) is 0 Å². The molecule has 0 aromatic heterocycles. The lowest BCUT2D eigenvalue weighted by Gasteiger charge is -2.07. The summed E-state index contributed by atoms with van der Waals surface area (Å²) in [6, 6.07) is 6.03. The molecule has 0 aliphatic carbocycles. The molecule has 0 unspecified atom stereocenters. The van der Waals surface area contributed by atoms with Gasteiger partial charge in [0.1, 0.15) is 0 Å². The summed E-state index contributed by atoms with van der Waals surface area (Å²) in [5, 5.41) is 8.63. The van der Waals surface area contributed by atoms with Crippen LogP contribution < -0.4 is 5.73 Å². The molecular weight excluding hydrogens is 194 g/mol. The number of hydrogen-bond donors (Lipinski definition) is 2. The Morgan fingerprint density at radius 3 is 2.93 bits per heavy atom. The van der Waals surface area contributed by atoms with Crippen molar-refractivity contribution in [3.63, 3.8) is 0 Å². The highest BCUT2D eigenvalue weighted by molar-refractivity contribution is 7.98. The fourth-order valence-corrected chi connectivity index (χ4v) is 2.22. The number of nitrogens with two attached hydrogens (primary N) is 1. The van der Waals surface area contributed by atoms with Crippen molar-refractivity contribution in [2.24, 2.45) is 0 Å². The first-order chi connectivity index (χ1) is 6.75. The first-order valence-electron chi connectivity index (χ1n) is 4.78. The van der Waals surface area contributed by atoms with Gasteiger partial charge in [-0.3, -0.25) is 0 Å². The zero-order chi connectivity index (χ0) is 10.4. The Morgan fingerprint density at radius 2 is 2.21 bits per heavy atom. The van der Waals surface area contributed by atoms with E-state index < -0.39 is 0 Å². The maximum Gasteiger partial charge on any atom is 0.0438 e. The number of aliphatic hydroxyl groups excluding tert-OH is 1. The maximum atomic E-state index is 8.63. The van der Waals surface area contributed by atoms with Crippen LogP contribution in [0.3, 0.4) is 0 Å². The van der Waals surface area contributed by atoms with Gasteiger partial charge >= 0.3 is 0 Å². The van der Waals surface area contributed by atoms with Gasteiger partial charge in [0, 0.05) is 18.0 Å². The van der Waals surface area contributed by atoms with Crippen LogP contribution in [0.4, 0.5) is 5.69 Å². The Balaban J connectivity index is 2.46. The number of aliphatic hydroxyl groups is 1. The van der Waals surface area contributed by atoms with E-state index in [1.165, 1.54) is 11.1 Å². The van der Waals surface area contributed by atoms with E-state index in [9.17, 15) is 0 Å². The highest BCUT2D eigenvalue weighted by Crippen LogP contribution is 2.20. The third-order valence-electron chi connectivity index (χ3n) is 2.19. The second kappa shape index (κ2) is 5.94. The van der Waals surface area contributed by atoms with Crippen LogP contribution in [0.5, 0.6) is 0 Å². The first-order valence-corrected chi connectivity index (χ1v) is 5.93. The number of anilines is 1. The minimum Gasteiger partial charge on any atom is -0.399 e. The fourth-order valence-electron chi connectivity index (χ4n) is 1.21. The molecule has 1 aromatic rings. The molecule has 1 aromatic carbocycles. The molecule has 2 nitrogen and oxygen atoms in total. The van der Waals surface area contributed by atoms with Crippen molar-refractivity contribution in [2.75, 3.05) is 18.1 Å². The van der Waals surface area contributed by atoms with Gasteiger partial charge in [0.15, 0.2) is 0 Å². The van der Waals surface area contributed by atoms with E-state index in [2.05, 4.69) is 13.0 Å². The smallest absolute Gasteiger partial charge is 0.0438 e. The summed E-state index contributed by atoms with van der Waals surface area (Å²) in [6.07, 6.45) is 0.867. The molecule has 0 atom stereocenters. The van der Waals surface area contributed by atoms with E-state index in [1.54, 1.807) is 0 Å². The monoisotopic (exact) mass is 211 g/mol. The number of thioether (sulfide) groups is 1. The number of nitrogen functional groups attached to an aromatic ring is 1. The molecule has 0 radical (unpaired) electrons. The van der Waals surface area contributed by atoms with Crippen LogP contribution >= 0.6 is 11.8 Å². The third-order valence-corrected chi connectivity index (χ3v) is 3.28. The molecule has 0 amide bonds. The lowest BCUT2D eigenvalue weighted by Crippen LogP contribution is -1.94. The van der Waals surface area contributed by atoms with Crippen molar-refractivity contribution >= 4 is 17.4 Å². The normalized spacial score (nSPS) is 10.4. The van der Waals surface area contributed by atoms with Crippen LogP contribution in [-0.4, -0.2) is 17.5 Å². The Hall–Kier alpha value is -0.670. The highest BCUT2D eigenvalue weighted by Gasteiger charge is 2.00. The van der Waals surface area contributed by atoms with Crippen molar-refractivity contribution in [1.82, 2.24) is 0 Å². The Labute approximate surface area is 89.5 Å². The molecule has 0 fully saturated rings. The molecule has 1 rings (SSSR count). The average molecular weight is 211 g/mol. The molecule has 0 spiro atoms. The maximum absolute atomic E-state index is 8.63. The molecule has 3 heteroatoms. The second-order valence-electron chi connectivity index (χ2n) is 3.26. The van der Waals surface area contributed by atoms with Crippen LogP contribution in [0, 0.1) is 6.92 Å². The summed E-state index contributed by atoms with van der Waals surface area (Å²) in [5.41, 5.74) is 9.15. The van der Waals surface area contributed by atoms with Gasteiger partial charge in [0.2, 0.25) is 0 Å². The van der Waals surface area contributed by atoms with Crippen molar-refractivity contribution in [3.8, 4) is 0 Å². The summed E-state index contributed by atoms with van der Waals surface area (Å²) >= 11 is 1.84. The van der Waals surface area contributed by atoms with E-state index in [0.29, 0.717) is 0 Å². The van der Waals surface area contributed by atoms with Crippen molar-refractivity contribution in [3.05, 3.63) is 29.3 Å². The number of rotatable bonds is 5. The molecule has 3 N–H and O–H groups in total. The van der Waals surface area contributed by atoms with Crippen LogP contribution in [-0.2, 0) is 5.75 Å². The minimum atomic E-state index is 0.281. The van der Waals surface area contributed by atoms with E-state index in [-0.39, 0.29) is 6.61 Å². The zero-order valence-electron chi connectivity index (χ0n) is 8.49. The largest absolute Gasteiger partial charge is 0.399 e. The summed E-state index contributed by atoms with van der Waals surface area (Å²) in [4.78, 5) is 0. The van der Waals surface area contributed by atoms with Crippen LogP contribution in [0.15, 0.2) is 18.2 Å². The van der Waals surface area contributed by atoms with Crippen molar-refractivity contribution in [1.29, 1.82) is 0 Å². The van der Waals surface area contributed by atoms with Crippen LogP contribution in [0.1, 0.15) is 17.5 Å². The lowest BCUT2D eigenvalue weighted by atomic mass is 10.1. The van der Waals surface area contributed by atoms with Crippen LogP contribution in [0.2, 0.25) is 0 Å². The van der Waals surface area contributed by atoms with E-state index in [4.69, 9.17) is 10.8 Å². The topological polar surface area (TPSA) is 46.2 Å². The van der Waals surface area contributed by atoms with E-state index in [1.807, 2.05) is 23.9 Å². The fraction of sp³-hybridized carbons (Fsp3) is 0.455. The van der Waals surface area contributed by atoms with Gasteiger partial charge in [0.05, 0.1) is 0 Å².